The minimum absolute atomic E-state index is 0.104. The zero-order valence-corrected chi connectivity index (χ0v) is 22.0. The molecule has 1 amide bonds. The van der Waals surface area contributed by atoms with E-state index in [9.17, 15) is 9.90 Å². The molecule has 2 aromatic heterocycles. The summed E-state index contributed by atoms with van der Waals surface area (Å²) in [4.78, 5) is 25.2. The highest BCUT2D eigenvalue weighted by Gasteiger charge is 2.33. The van der Waals surface area contributed by atoms with Gasteiger partial charge in [0.1, 0.15) is 5.75 Å². The minimum atomic E-state index is -0.872. The fourth-order valence-electron chi connectivity index (χ4n) is 5.40. The number of benzene rings is 2. The first kappa shape index (κ1) is 24.8. The molecule has 0 unspecified atom stereocenters. The van der Waals surface area contributed by atoms with Gasteiger partial charge in [0.15, 0.2) is 12.6 Å². The van der Waals surface area contributed by atoms with Gasteiger partial charge in [-0.25, -0.2) is 14.8 Å². The molecule has 1 aliphatic rings. The fourth-order valence-corrected chi connectivity index (χ4v) is 5.40. The third-order valence-electron chi connectivity index (χ3n) is 7.03. The summed E-state index contributed by atoms with van der Waals surface area (Å²) in [6.45, 7) is 9.22. The van der Waals surface area contributed by atoms with Gasteiger partial charge in [-0.2, -0.15) is 5.10 Å². The number of carboxylic acid groups (broad SMARTS) is 1. The van der Waals surface area contributed by atoms with Crippen molar-refractivity contribution < 1.29 is 19.4 Å². The van der Waals surface area contributed by atoms with Crippen LogP contribution in [0.5, 0.6) is 5.75 Å². The van der Waals surface area contributed by atoms with E-state index in [1.165, 1.54) is 4.90 Å². The molecule has 5 rings (SSSR count). The van der Waals surface area contributed by atoms with E-state index in [0.29, 0.717) is 24.7 Å². The van der Waals surface area contributed by atoms with Crippen molar-refractivity contribution in [3.8, 4) is 17.1 Å². The van der Waals surface area contributed by atoms with Gasteiger partial charge in [0, 0.05) is 61.2 Å². The fraction of sp³-hybridized carbons (Fsp3) is 0.407. The van der Waals surface area contributed by atoms with Gasteiger partial charge >= 0.3 is 6.09 Å². The number of carbonyl (C=O) groups is 1. The van der Waals surface area contributed by atoms with Crippen molar-refractivity contribution in [1.29, 1.82) is 0 Å². The number of aromatic nitrogens is 4. The third-order valence-corrected chi connectivity index (χ3v) is 7.03. The second-order valence-corrected chi connectivity index (χ2v) is 9.80. The molecule has 10 nitrogen and oxygen atoms in total. The molecule has 4 aromatic rings. The van der Waals surface area contributed by atoms with Crippen LogP contribution in [0.25, 0.3) is 33.2 Å². The first-order valence-electron chi connectivity index (χ1n) is 12.3. The monoisotopic (exact) mass is 504 g/mol. The number of piperazine rings is 1. The topological polar surface area (TPSA) is 106 Å². The van der Waals surface area contributed by atoms with Crippen LogP contribution in [0.2, 0.25) is 0 Å². The van der Waals surface area contributed by atoms with Crippen LogP contribution in [-0.4, -0.2) is 74.9 Å². The van der Waals surface area contributed by atoms with Crippen molar-refractivity contribution in [3.05, 3.63) is 41.7 Å². The Balaban J connectivity index is 1.55. The molecule has 3 heterocycles. The van der Waals surface area contributed by atoms with E-state index in [1.807, 2.05) is 59.1 Å². The second-order valence-electron chi connectivity index (χ2n) is 9.80. The maximum atomic E-state index is 11.6. The zero-order valence-electron chi connectivity index (χ0n) is 22.0. The average Bonchev–Trinajstić information content (AvgIpc) is 3.23. The molecule has 0 spiro atoms. The lowest BCUT2D eigenvalue weighted by molar-refractivity contribution is 0.0511. The van der Waals surface area contributed by atoms with Gasteiger partial charge in [0.2, 0.25) is 0 Å². The molecule has 0 aliphatic carbocycles. The summed E-state index contributed by atoms with van der Waals surface area (Å²) in [6, 6.07) is 7.96. The predicted molar refractivity (Wildman–Crippen MR) is 142 cm³/mol. The first-order valence-corrected chi connectivity index (χ1v) is 12.3. The lowest BCUT2D eigenvalue weighted by atomic mass is 10.0. The lowest BCUT2D eigenvalue weighted by Crippen LogP contribution is -2.58. The highest BCUT2D eigenvalue weighted by atomic mass is 16.7. The quantitative estimate of drug-likeness (QED) is 0.400. The van der Waals surface area contributed by atoms with Crippen LogP contribution in [0.1, 0.15) is 25.1 Å². The Hall–Kier alpha value is -3.92. The van der Waals surface area contributed by atoms with Crippen LogP contribution >= 0.6 is 0 Å². The SMILES string of the molecule is COCOc1c(-c2nc(C)c3cc(N4C[C@@H](C)N(C(=O)O)[C@@H](C)C4)ccc3n2)cc2cn(C)nc2c1C. The van der Waals surface area contributed by atoms with Crippen molar-refractivity contribution >= 4 is 33.6 Å². The number of amides is 1. The van der Waals surface area contributed by atoms with Crippen molar-refractivity contribution in [2.45, 2.75) is 39.8 Å². The van der Waals surface area contributed by atoms with Crippen LogP contribution in [0.3, 0.4) is 0 Å². The number of hydrogen-bond acceptors (Lipinski definition) is 7. The second kappa shape index (κ2) is 9.51. The number of anilines is 1. The highest BCUT2D eigenvalue weighted by Crippen LogP contribution is 2.37. The Morgan fingerprint density at radius 3 is 2.54 bits per heavy atom. The summed E-state index contributed by atoms with van der Waals surface area (Å²) >= 11 is 0. The van der Waals surface area contributed by atoms with Crippen LogP contribution in [0.4, 0.5) is 10.5 Å². The Morgan fingerprint density at radius 2 is 1.86 bits per heavy atom. The smallest absolute Gasteiger partial charge is 0.407 e. The van der Waals surface area contributed by atoms with Crippen LogP contribution in [0, 0.1) is 13.8 Å². The van der Waals surface area contributed by atoms with Crippen LogP contribution in [-0.2, 0) is 11.8 Å². The van der Waals surface area contributed by atoms with Gasteiger partial charge in [0.25, 0.3) is 0 Å². The van der Waals surface area contributed by atoms with Gasteiger partial charge in [-0.1, -0.05) is 0 Å². The molecule has 1 aliphatic heterocycles. The normalized spacial score (nSPS) is 18.1. The number of ether oxygens (including phenoxy) is 2. The summed E-state index contributed by atoms with van der Waals surface area (Å²) < 4.78 is 12.9. The van der Waals surface area contributed by atoms with E-state index in [2.05, 4.69) is 16.1 Å². The lowest BCUT2D eigenvalue weighted by Gasteiger charge is -2.44. The predicted octanol–water partition coefficient (Wildman–Crippen LogP) is 4.36. The molecule has 37 heavy (non-hydrogen) atoms. The Labute approximate surface area is 215 Å². The number of aryl methyl sites for hydroxylation is 3. The summed E-state index contributed by atoms with van der Waals surface area (Å²) in [5, 5.41) is 16.1. The molecule has 2 aromatic carbocycles. The summed E-state index contributed by atoms with van der Waals surface area (Å²) in [7, 11) is 3.48. The maximum absolute atomic E-state index is 11.6. The van der Waals surface area contributed by atoms with E-state index >= 15 is 0 Å². The van der Waals surface area contributed by atoms with Gasteiger partial charge in [-0.3, -0.25) is 9.58 Å². The molecule has 1 N–H and O–H groups in total. The highest BCUT2D eigenvalue weighted by molar-refractivity contribution is 5.92. The molecule has 1 saturated heterocycles. The van der Waals surface area contributed by atoms with Crippen molar-refractivity contribution in [1.82, 2.24) is 24.6 Å². The Kier molecular flexibility index (Phi) is 6.36. The van der Waals surface area contributed by atoms with E-state index in [0.717, 1.165) is 44.3 Å². The molecule has 0 bridgehead atoms. The Bertz CT molecular complexity index is 1490. The third kappa shape index (κ3) is 4.42. The zero-order chi connectivity index (χ0) is 26.4. The van der Waals surface area contributed by atoms with Crippen molar-refractivity contribution in [2.75, 3.05) is 31.9 Å². The molecule has 2 atom stereocenters. The largest absolute Gasteiger partial charge is 0.466 e. The maximum Gasteiger partial charge on any atom is 0.407 e. The standard InChI is InChI=1S/C27H32N6O4/c1-15-11-32(12-16(2)33(15)27(34)35)20-7-8-23-21(10-20)18(4)28-26(29-23)22-9-19-13-31(5)30-24(19)17(3)25(22)37-14-36-6/h7-10,13,15-16H,11-12,14H2,1-6H3,(H,34,35)/t15-,16+. The summed E-state index contributed by atoms with van der Waals surface area (Å²) in [5.41, 5.74) is 5.28. The van der Waals surface area contributed by atoms with Gasteiger partial charge in [-0.05, 0) is 52.0 Å². The summed E-state index contributed by atoms with van der Waals surface area (Å²) in [5.74, 6) is 1.23. The van der Waals surface area contributed by atoms with Gasteiger partial charge < -0.3 is 19.5 Å². The minimum Gasteiger partial charge on any atom is -0.466 e. The molecule has 0 saturated carbocycles. The van der Waals surface area contributed by atoms with E-state index in [-0.39, 0.29) is 18.9 Å². The van der Waals surface area contributed by atoms with Crippen molar-refractivity contribution in [2.24, 2.45) is 7.05 Å². The molecular weight excluding hydrogens is 472 g/mol. The van der Waals surface area contributed by atoms with E-state index < -0.39 is 6.09 Å². The number of hydrogen-bond donors (Lipinski definition) is 1. The molecule has 1 fully saturated rings. The first-order chi connectivity index (χ1) is 17.7. The summed E-state index contributed by atoms with van der Waals surface area (Å²) in [6.07, 6.45) is 1.10. The molecule has 0 radical (unpaired) electrons. The van der Waals surface area contributed by atoms with Crippen LogP contribution in [0.15, 0.2) is 30.5 Å². The van der Waals surface area contributed by atoms with Gasteiger partial charge in [-0.15, -0.1) is 0 Å². The van der Waals surface area contributed by atoms with Gasteiger partial charge in [0.05, 0.1) is 28.7 Å². The molecule has 194 valence electrons. The van der Waals surface area contributed by atoms with Crippen molar-refractivity contribution in [3.63, 3.8) is 0 Å². The number of methoxy groups -OCH3 is 1. The van der Waals surface area contributed by atoms with E-state index in [1.54, 1.807) is 11.8 Å². The number of fused-ring (bicyclic) bond motifs is 2. The van der Waals surface area contributed by atoms with Crippen LogP contribution < -0.4 is 9.64 Å². The van der Waals surface area contributed by atoms with E-state index in [4.69, 9.17) is 19.4 Å². The number of rotatable bonds is 5. The molecular formula is C27H32N6O4. The Morgan fingerprint density at radius 1 is 1.14 bits per heavy atom. The average molecular weight is 505 g/mol. The number of nitrogens with zero attached hydrogens (tertiary/aromatic N) is 6. The molecule has 10 heteroatoms.